The van der Waals surface area contributed by atoms with E-state index in [-0.39, 0.29) is 45.7 Å². The van der Waals surface area contributed by atoms with Crippen molar-refractivity contribution < 1.29 is 29.4 Å². The molecular formula is C32H37NO6. The summed E-state index contributed by atoms with van der Waals surface area (Å²) >= 11 is 0. The average molecular weight is 532 g/mol. The number of benzene rings is 1. The summed E-state index contributed by atoms with van der Waals surface area (Å²) in [5.74, 6) is -5.49. The molecule has 4 aliphatic rings. The van der Waals surface area contributed by atoms with E-state index in [1.165, 1.54) is 6.07 Å². The van der Waals surface area contributed by atoms with Crippen LogP contribution in [0, 0.1) is 42.4 Å². The number of aryl methyl sites for hydroxylation is 1. The number of allylic oxidation sites excluding steroid dienone is 5. The average Bonchev–Trinajstić information content (AvgIpc) is 3.24. The Morgan fingerprint density at radius 1 is 1.05 bits per heavy atom. The Balaban J connectivity index is 1.92. The standard InChI is InChI=1S/C32H37NO6/c1-14(2)11-21-24-19(7)32(39)18(6)12-15(3)9-8-10-16(4)25(34)23-22-20(13-17(5)26(23)35)29(37)31(24,33-30(21)38)28(32)27(22)36/h8-10,12-15,19,21,24,28,35,39H,11H2,1-7H3,(H,33,38)/b9-8-,16-10+,18-12+/t15-,19-,21-,24-,28?,31-,32+/m1/s1. The van der Waals surface area contributed by atoms with E-state index >= 15 is 0 Å². The van der Waals surface area contributed by atoms with Crippen LogP contribution in [0.3, 0.4) is 0 Å². The highest BCUT2D eigenvalue weighted by atomic mass is 16.3. The number of carbonyl (C=O) groups is 4. The van der Waals surface area contributed by atoms with Crippen LogP contribution in [0.2, 0.25) is 0 Å². The molecule has 1 amide bonds. The van der Waals surface area contributed by atoms with E-state index in [1.807, 2.05) is 39.8 Å². The summed E-state index contributed by atoms with van der Waals surface area (Å²) in [6, 6.07) is 1.44. The smallest absolute Gasteiger partial charge is 0.224 e. The van der Waals surface area contributed by atoms with Crippen LogP contribution in [0.5, 0.6) is 5.75 Å². The zero-order valence-electron chi connectivity index (χ0n) is 23.6. The molecule has 7 atom stereocenters. The van der Waals surface area contributed by atoms with E-state index in [0.717, 1.165) is 0 Å². The number of Topliss-reactive ketones (excluding diaryl/α,β-unsaturated/α-hetero) is 3. The Labute approximate surface area is 229 Å². The fourth-order valence-corrected chi connectivity index (χ4v) is 7.91. The number of ketones is 3. The number of aliphatic hydroxyl groups is 1. The molecule has 206 valence electrons. The van der Waals surface area contributed by atoms with Crippen LogP contribution >= 0.6 is 0 Å². The van der Waals surface area contributed by atoms with Gasteiger partial charge >= 0.3 is 0 Å². The molecule has 1 spiro atoms. The molecule has 1 unspecified atom stereocenters. The van der Waals surface area contributed by atoms with Gasteiger partial charge in [-0.2, -0.15) is 0 Å². The lowest BCUT2D eigenvalue weighted by Crippen LogP contribution is -2.64. The minimum absolute atomic E-state index is 0.00932. The fraction of sp³-hybridized carbons (Fsp3) is 0.500. The Kier molecular flexibility index (Phi) is 6.18. The molecule has 1 heterocycles. The van der Waals surface area contributed by atoms with E-state index in [9.17, 15) is 29.4 Å². The molecule has 5 rings (SSSR count). The van der Waals surface area contributed by atoms with Crippen LogP contribution in [0.25, 0.3) is 0 Å². The number of phenols is 1. The zero-order chi connectivity index (χ0) is 28.8. The van der Waals surface area contributed by atoms with Gasteiger partial charge in [-0.3, -0.25) is 19.2 Å². The largest absolute Gasteiger partial charge is 0.507 e. The Morgan fingerprint density at radius 3 is 2.36 bits per heavy atom. The van der Waals surface area contributed by atoms with Crippen molar-refractivity contribution in [3.8, 4) is 5.75 Å². The highest BCUT2D eigenvalue weighted by Gasteiger charge is 2.78. The van der Waals surface area contributed by atoms with Gasteiger partial charge in [-0.25, -0.2) is 0 Å². The highest BCUT2D eigenvalue weighted by Crippen LogP contribution is 2.63. The van der Waals surface area contributed by atoms with Gasteiger partial charge in [-0.05, 0) is 67.7 Å². The molecular weight excluding hydrogens is 494 g/mol. The number of aromatic hydroxyl groups is 1. The summed E-state index contributed by atoms with van der Waals surface area (Å²) in [6.45, 7) is 12.7. The van der Waals surface area contributed by atoms with Crippen molar-refractivity contribution in [2.24, 2.45) is 35.5 Å². The first-order valence-electron chi connectivity index (χ1n) is 13.8. The lowest BCUT2D eigenvalue weighted by atomic mass is 9.62. The van der Waals surface area contributed by atoms with Crippen molar-refractivity contribution in [2.45, 2.75) is 66.0 Å². The maximum atomic E-state index is 14.7. The molecule has 1 aromatic carbocycles. The lowest BCUT2D eigenvalue weighted by Gasteiger charge is -2.43. The summed E-state index contributed by atoms with van der Waals surface area (Å²) < 4.78 is 0. The van der Waals surface area contributed by atoms with Crippen LogP contribution in [0.1, 0.15) is 84.6 Å². The third kappa shape index (κ3) is 3.45. The lowest BCUT2D eigenvalue weighted by molar-refractivity contribution is -0.125. The molecule has 0 aromatic heterocycles. The van der Waals surface area contributed by atoms with E-state index in [0.29, 0.717) is 17.6 Å². The van der Waals surface area contributed by atoms with Crippen molar-refractivity contribution in [3.05, 3.63) is 63.8 Å². The molecule has 7 heteroatoms. The van der Waals surface area contributed by atoms with E-state index in [2.05, 4.69) is 5.32 Å². The number of nitrogens with one attached hydrogen (secondary N) is 1. The molecule has 3 aliphatic carbocycles. The van der Waals surface area contributed by atoms with Gasteiger partial charge in [0.1, 0.15) is 16.9 Å². The monoisotopic (exact) mass is 531 g/mol. The van der Waals surface area contributed by atoms with Gasteiger partial charge in [0.25, 0.3) is 0 Å². The molecule has 39 heavy (non-hydrogen) atoms. The molecule has 1 saturated heterocycles. The van der Waals surface area contributed by atoms with E-state index in [4.69, 9.17) is 0 Å². The second kappa shape index (κ2) is 8.85. The predicted octanol–water partition coefficient (Wildman–Crippen LogP) is 4.50. The number of phenolic OH excluding ortho intramolecular Hbond substituents is 1. The first kappa shape index (κ1) is 27.3. The van der Waals surface area contributed by atoms with Gasteiger partial charge in [0.15, 0.2) is 17.3 Å². The first-order valence-corrected chi connectivity index (χ1v) is 13.8. The number of hydrogen-bond acceptors (Lipinski definition) is 6. The molecule has 1 saturated carbocycles. The predicted molar refractivity (Wildman–Crippen MR) is 147 cm³/mol. The van der Waals surface area contributed by atoms with Crippen LogP contribution in [0.4, 0.5) is 0 Å². The summed E-state index contributed by atoms with van der Waals surface area (Å²) in [5.41, 5.74) is -2.70. The molecule has 7 nitrogen and oxygen atoms in total. The van der Waals surface area contributed by atoms with Gasteiger partial charge in [0.2, 0.25) is 5.91 Å². The number of rotatable bonds is 2. The summed E-state index contributed by atoms with van der Waals surface area (Å²) in [5, 5.41) is 26.7. The van der Waals surface area contributed by atoms with Gasteiger partial charge in [0, 0.05) is 23.0 Å². The molecule has 1 aliphatic heterocycles. The summed E-state index contributed by atoms with van der Waals surface area (Å²) in [4.78, 5) is 56.6. The molecule has 2 fully saturated rings. The third-order valence-corrected chi connectivity index (χ3v) is 9.59. The Bertz CT molecular complexity index is 1430. The number of amides is 1. The Hall–Kier alpha value is -3.32. The highest BCUT2D eigenvalue weighted by molar-refractivity contribution is 6.28. The van der Waals surface area contributed by atoms with Gasteiger partial charge in [-0.15, -0.1) is 0 Å². The van der Waals surface area contributed by atoms with Crippen molar-refractivity contribution >= 4 is 23.3 Å². The molecule has 1 aromatic rings. The SMILES string of the molecule is C/C1=C\C=C/[C@@H](C)/C=C(\C)[C@@]2(O)C3C(=O)c4c(cc(C)c(O)c4C1=O)C(=O)[C@]31NC(=O)[C@H](CC(C)C)[C@H]1[C@H]2C. The maximum Gasteiger partial charge on any atom is 0.224 e. The quantitative estimate of drug-likeness (QED) is 0.483. The normalized spacial score (nSPS) is 39.2. The molecule has 0 radical (unpaired) electrons. The van der Waals surface area contributed by atoms with Gasteiger partial charge < -0.3 is 15.5 Å². The van der Waals surface area contributed by atoms with Crippen molar-refractivity contribution in [1.29, 1.82) is 0 Å². The van der Waals surface area contributed by atoms with E-state index in [1.54, 1.807) is 32.9 Å². The van der Waals surface area contributed by atoms with Crippen molar-refractivity contribution in [1.82, 2.24) is 5.32 Å². The van der Waals surface area contributed by atoms with Crippen LogP contribution < -0.4 is 5.32 Å². The molecule has 3 N–H and O–H groups in total. The maximum absolute atomic E-state index is 14.7. The first-order chi connectivity index (χ1) is 18.2. The summed E-state index contributed by atoms with van der Waals surface area (Å²) in [6.07, 6.45) is 7.63. The van der Waals surface area contributed by atoms with Crippen LogP contribution in [-0.4, -0.2) is 44.6 Å². The van der Waals surface area contributed by atoms with Crippen LogP contribution in [-0.2, 0) is 4.79 Å². The fourth-order valence-electron chi connectivity index (χ4n) is 7.91. The van der Waals surface area contributed by atoms with Gasteiger partial charge in [0.05, 0.1) is 11.5 Å². The van der Waals surface area contributed by atoms with E-state index < -0.39 is 52.2 Å². The molecule has 2 bridgehead atoms. The number of carbonyl (C=O) groups excluding carboxylic acids is 4. The zero-order valence-corrected chi connectivity index (χ0v) is 23.6. The minimum atomic E-state index is -1.77. The second-order valence-electron chi connectivity index (χ2n) is 12.5. The van der Waals surface area contributed by atoms with Crippen molar-refractivity contribution in [2.75, 3.05) is 0 Å². The second-order valence-corrected chi connectivity index (χ2v) is 12.5. The van der Waals surface area contributed by atoms with Crippen LogP contribution in [0.15, 0.2) is 41.5 Å². The third-order valence-electron chi connectivity index (χ3n) is 9.59. The van der Waals surface area contributed by atoms with Gasteiger partial charge in [-0.1, -0.05) is 52.0 Å². The minimum Gasteiger partial charge on any atom is -0.507 e. The number of hydrogen-bond donors (Lipinski definition) is 3. The Morgan fingerprint density at radius 2 is 1.72 bits per heavy atom. The topological polar surface area (TPSA) is 121 Å². The van der Waals surface area contributed by atoms with Crippen molar-refractivity contribution in [3.63, 3.8) is 0 Å². The summed E-state index contributed by atoms with van der Waals surface area (Å²) in [7, 11) is 0.